The summed E-state index contributed by atoms with van der Waals surface area (Å²) in [5.41, 5.74) is -1.29. The fourth-order valence-corrected chi connectivity index (χ4v) is 3.27. The first-order valence-corrected chi connectivity index (χ1v) is 9.21. The average Bonchev–Trinajstić information content (AvgIpc) is 2.59. The second-order valence-corrected chi connectivity index (χ2v) is 7.19. The maximum Gasteiger partial charge on any atom is 0.418 e. The van der Waals surface area contributed by atoms with Gasteiger partial charge < -0.3 is 5.32 Å². The van der Waals surface area contributed by atoms with Gasteiger partial charge in [0.25, 0.3) is 5.91 Å². The molecule has 140 valence electrons. The van der Waals surface area contributed by atoms with Crippen LogP contribution in [-0.4, -0.2) is 20.9 Å². The van der Waals surface area contributed by atoms with Crippen LogP contribution in [0.15, 0.2) is 53.4 Å². The smallest absolute Gasteiger partial charge is 0.321 e. The fraction of sp³-hybridized carbons (Fsp3) is 0.235. The van der Waals surface area contributed by atoms with Gasteiger partial charge in [0.15, 0.2) is 0 Å². The highest BCUT2D eigenvalue weighted by Gasteiger charge is 2.33. The average molecular weight is 386 g/mol. The Morgan fingerprint density at radius 3 is 2.23 bits per heavy atom. The van der Waals surface area contributed by atoms with Gasteiger partial charge in [0, 0.05) is 12.1 Å². The van der Waals surface area contributed by atoms with Crippen LogP contribution in [0.4, 0.5) is 18.9 Å². The van der Waals surface area contributed by atoms with Crippen molar-refractivity contribution >= 4 is 21.6 Å². The number of para-hydroxylation sites is 1. The molecule has 0 aliphatic carbocycles. The Balaban J connectivity index is 2.20. The molecule has 2 aromatic rings. The van der Waals surface area contributed by atoms with Crippen LogP contribution in [0.3, 0.4) is 0 Å². The van der Waals surface area contributed by atoms with Crippen LogP contribution in [-0.2, 0) is 16.2 Å². The molecule has 0 unspecified atom stereocenters. The lowest BCUT2D eigenvalue weighted by Gasteiger charge is -2.13. The van der Waals surface area contributed by atoms with Gasteiger partial charge in [-0.2, -0.15) is 13.2 Å². The Bertz CT molecular complexity index is 879. The summed E-state index contributed by atoms with van der Waals surface area (Å²) in [5.74, 6) is -0.771. The molecule has 9 heteroatoms. The van der Waals surface area contributed by atoms with Crippen molar-refractivity contribution in [1.82, 2.24) is 4.72 Å². The minimum absolute atomic E-state index is 0.0295. The van der Waals surface area contributed by atoms with E-state index in [1.54, 1.807) is 0 Å². The molecule has 0 radical (unpaired) electrons. The van der Waals surface area contributed by atoms with Gasteiger partial charge in [-0.3, -0.25) is 4.79 Å². The number of benzene rings is 2. The van der Waals surface area contributed by atoms with Crippen molar-refractivity contribution in [1.29, 1.82) is 0 Å². The summed E-state index contributed by atoms with van der Waals surface area (Å²) < 4.78 is 65.2. The van der Waals surface area contributed by atoms with Crippen molar-refractivity contribution in [2.75, 3.05) is 11.9 Å². The number of rotatable bonds is 6. The van der Waals surface area contributed by atoms with E-state index < -0.39 is 27.7 Å². The number of carbonyl (C=O) groups is 1. The Morgan fingerprint density at radius 2 is 1.65 bits per heavy atom. The zero-order valence-electron chi connectivity index (χ0n) is 13.8. The molecule has 0 fully saturated rings. The van der Waals surface area contributed by atoms with Crippen molar-refractivity contribution in [3.05, 3.63) is 59.7 Å². The van der Waals surface area contributed by atoms with Crippen molar-refractivity contribution in [3.8, 4) is 0 Å². The standard InChI is InChI=1S/C17H17F3N2O3S/c1-2-11-21-26(24,25)13-9-7-12(8-10-13)16(23)22-15-6-4-3-5-14(15)17(18,19)20/h3-10,21H,2,11H2,1H3,(H,22,23). The Labute approximate surface area is 149 Å². The molecule has 26 heavy (non-hydrogen) atoms. The summed E-state index contributed by atoms with van der Waals surface area (Å²) in [4.78, 5) is 12.2. The number of nitrogens with one attached hydrogen (secondary N) is 2. The largest absolute Gasteiger partial charge is 0.418 e. The third-order valence-corrected chi connectivity index (χ3v) is 4.93. The van der Waals surface area contributed by atoms with Crippen LogP contribution in [0.25, 0.3) is 0 Å². The highest BCUT2D eigenvalue weighted by molar-refractivity contribution is 7.89. The minimum Gasteiger partial charge on any atom is -0.321 e. The van der Waals surface area contributed by atoms with Crippen molar-refractivity contribution in [3.63, 3.8) is 0 Å². The van der Waals surface area contributed by atoms with Gasteiger partial charge in [-0.05, 0) is 42.8 Å². The van der Waals surface area contributed by atoms with E-state index in [9.17, 15) is 26.4 Å². The second kappa shape index (κ2) is 7.88. The summed E-state index contributed by atoms with van der Waals surface area (Å²) in [7, 11) is -3.68. The zero-order chi connectivity index (χ0) is 19.4. The first-order chi connectivity index (χ1) is 12.1. The lowest BCUT2D eigenvalue weighted by Crippen LogP contribution is -2.24. The molecule has 1 amide bonds. The predicted molar refractivity (Wildman–Crippen MR) is 91.3 cm³/mol. The van der Waals surface area contributed by atoms with E-state index in [4.69, 9.17) is 0 Å². The molecule has 0 aromatic heterocycles. The normalized spacial score (nSPS) is 12.0. The molecule has 0 bridgehead atoms. The van der Waals surface area contributed by atoms with Gasteiger partial charge in [0.2, 0.25) is 10.0 Å². The summed E-state index contributed by atoms with van der Waals surface area (Å²) in [5, 5.41) is 2.20. The van der Waals surface area contributed by atoms with Crippen molar-refractivity contribution < 1.29 is 26.4 Å². The fourth-order valence-electron chi connectivity index (χ4n) is 2.14. The van der Waals surface area contributed by atoms with Crippen LogP contribution in [0.1, 0.15) is 29.3 Å². The lowest BCUT2D eigenvalue weighted by atomic mass is 10.1. The topological polar surface area (TPSA) is 75.3 Å². The summed E-state index contributed by atoms with van der Waals surface area (Å²) in [6.45, 7) is 2.09. The molecule has 0 aliphatic heterocycles. The molecular weight excluding hydrogens is 369 g/mol. The Morgan fingerprint density at radius 1 is 1.04 bits per heavy atom. The zero-order valence-corrected chi connectivity index (χ0v) is 14.6. The molecule has 2 aromatic carbocycles. The SMILES string of the molecule is CCCNS(=O)(=O)c1ccc(C(=O)Nc2ccccc2C(F)(F)F)cc1. The molecule has 2 rings (SSSR count). The quantitative estimate of drug-likeness (QED) is 0.796. The molecule has 0 heterocycles. The van der Waals surface area contributed by atoms with Gasteiger partial charge in [0.1, 0.15) is 0 Å². The van der Waals surface area contributed by atoms with Gasteiger partial charge in [0.05, 0.1) is 16.1 Å². The number of anilines is 1. The van der Waals surface area contributed by atoms with E-state index in [1.807, 2.05) is 6.92 Å². The van der Waals surface area contributed by atoms with E-state index in [2.05, 4.69) is 10.0 Å². The Kier molecular flexibility index (Phi) is 6.04. The van der Waals surface area contributed by atoms with E-state index in [-0.39, 0.29) is 22.7 Å². The number of sulfonamides is 1. The molecule has 0 atom stereocenters. The number of hydrogen-bond donors (Lipinski definition) is 2. The molecular formula is C17H17F3N2O3S. The number of halogens is 3. The van der Waals surface area contributed by atoms with E-state index >= 15 is 0 Å². The molecule has 0 spiro atoms. The molecule has 0 aliphatic rings. The van der Waals surface area contributed by atoms with E-state index in [1.165, 1.54) is 36.4 Å². The van der Waals surface area contributed by atoms with Crippen molar-refractivity contribution in [2.45, 2.75) is 24.4 Å². The third kappa shape index (κ3) is 4.83. The number of hydrogen-bond acceptors (Lipinski definition) is 3. The highest BCUT2D eigenvalue weighted by Crippen LogP contribution is 2.34. The van der Waals surface area contributed by atoms with Gasteiger partial charge in [-0.25, -0.2) is 13.1 Å². The van der Waals surface area contributed by atoms with Gasteiger partial charge in [-0.15, -0.1) is 0 Å². The van der Waals surface area contributed by atoms with Gasteiger partial charge >= 0.3 is 6.18 Å². The maximum absolute atomic E-state index is 13.0. The molecule has 2 N–H and O–H groups in total. The van der Waals surface area contributed by atoms with E-state index in [0.29, 0.717) is 6.42 Å². The van der Waals surface area contributed by atoms with Crippen LogP contribution >= 0.6 is 0 Å². The number of alkyl halides is 3. The monoisotopic (exact) mass is 386 g/mol. The summed E-state index contributed by atoms with van der Waals surface area (Å²) in [6.07, 6.45) is -3.98. The third-order valence-electron chi connectivity index (χ3n) is 3.45. The summed E-state index contributed by atoms with van der Waals surface area (Å²) in [6, 6.07) is 9.55. The molecule has 0 saturated heterocycles. The first kappa shape index (κ1) is 19.9. The second-order valence-electron chi connectivity index (χ2n) is 5.42. The molecule has 0 saturated carbocycles. The Hall–Kier alpha value is -2.39. The first-order valence-electron chi connectivity index (χ1n) is 7.72. The van der Waals surface area contributed by atoms with Crippen molar-refractivity contribution in [2.24, 2.45) is 0 Å². The van der Waals surface area contributed by atoms with Gasteiger partial charge in [-0.1, -0.05) is 19.1 Å². The van der Waals surface area contributed by atoms with Crippen LogP contribution in [0, 0.1) is 0 Å². The highest BCUT2D eigenvalue weighted by atomic mass is 32.2. The van der Waals surface area contributed by atoms with Crippen LogP contribution in [0.2, 0.25) is 0 Å². The summed E-state index contributed by atoms with van der Waals surface area (Å²) >= 11 is 0. The maximum atomic E-state index is 13.0. The number of amides is 1. The lowest BCUT2D eigenvalue weighted by molar-refractivity contribution is -0.136. The van der Waals surface area contributed by atoms with Crippen LogP contribution < -0.4 is 10.0 Å². The minimum atomic E-state index is -4.60. The number of carbonyl (C=O) groups excluding carboxylic acids is 1. The predicted octanol–water partition coefficient (Wildman–Crippen LogP) is 3.65. The molecule has 5 nitrogen and oxygen atoms in total. The van der Waals surface area contributed by atoms with E-state index in [0.717, 1.165) is 12.1 Å². The van der Waals surface area contributed by atoms with Crippen LogP contribution in [0.5, 0.6) is 0 Å².